The van der Waals surface area contributed by atoms with Crippen molar-refractivity contribution in [3.63, 3.8) is 0 Å². The van der Waals surface area contributed by atoms with Gasteiger partial charge in [-0.3, -0.25) is 10.3 Å². The zero-order chi connectivity index (χ0) is 6.85. The summed E-state index contributed by atoms with van der Waals surface area (Å²) in [5.74, 6) is -0.998. The lowest BCUT2D eigenvalue weighted by Gasteiger charge is -2.12. The summed E-state index contributed by atoms with van der Waals surface area (Å²) in [6.07, 6.45) is 3.34. The molecule has 9 heavy (non-hydrogen) atoms. The molecule has 50 valence electrons. The Kier molecular flexibility index (Phi) is 1.40. The van der Waals surface area contributed by atoms with Gasteiger partial charge < -0.3 is 5.11 Å². The Morgan fingerprint density at radius 2 is 2.44 bits per heavy atom. The molecule has 0 aliphatic carbocycles. The Morgan fingerprint density at radius 1 is 1.78 bits per heavy atom. The van der Waals surface area contributed by atoms with Gasteiger partial charge in [0.2, 0.25) is 0 Å². The number of hydroxylamine groups is 2. The van der Waals surface area contributed by atoms with Crippen LogP contribution in [-0.2, 0) is 4.79 Å². The van der Waals surface area contributed by atoms with Crippen molar-refractivity contribution in [3.05, 3.63) is 12.3 Å². The van der Waals surface area contributed by atoms with Gasteiger partial charge in [-0.25, -0.2) is 4.79 Å². The third-order valence-electron chi connectivity index (χ3n) is 1.22. The van der Waals surface area contributed by atoms with Gasteiger partial charge >= 0.3 is 5.97 Å². The van der Waals surface area contributed by atoms with Crippen molar-refractivity contribution < 1.29 is 15.1 Å². The van der Waals surface area contributed by atoms with Crippen molar-refractivity contribution in [1.82, 2.24) is 5.06 Å². The summed E-state index contributed by atoms with van der Waals surface area (Å²) in [6.45, 7) is 0. The average molecular weight is 129 g/mol. The standard InChI is InChI=1S/C5H7NO3/c7-5(8)4-2-1-3-6(4)9/h1,3-4,9H,2H2,(H,7,8). The van der Waals surface area contributed by atoms with Gasteiger partial charge in [0.15, 0.2) is 6.04 Å². The van der Waals surface area contributed by atoms with E-state index >= 15 is 0 Å². The minimum atomic E-state index is -0.998. The maximum absolute atomic E-state index is 10.2. The van der Waals surface area contributed by atoms with E-state index < -0.39 is 12.0 Å². The summed E-state index contributed by atoms with van der Waals surface area (Å²) in [6, 6.07) is -0.773. The Hall–Kier alpha value is -1.03. The Labute approximate surface area is 52.0 Å². The largest absolute Gasteiger partial charge is 0.480 e. The highest BCUT2D eigenvalue weighted by molar-refractivity contribution is 5.74. The molecule has 0 aromatic carbocycles. The minimum absolute atomic E-state index is 0.381. The van der Waals surface area contributed by atoms with Crippen LogP contribution in [0.5, 0.6) is 0 Å². The first-order valence-corrected chi connectivity index (χ1v) is 2.58. The lowest BCUT2D eigenvalue weighted by atomic mass is 10.2. The summed E-state index contributed by atoms with van der Waals surface area (Å²) in [5.41, 5.74) is 0. The lowest BCUT2D eigenvalue weighted by molar-refractivity contribution is -0.155. The average Bonchev–Trinajstić information content (AvgIpc) is 2.13. The predicted molar refractivity (Wildman–Crippen MR) is 28.8 cm³/mol. The number of rotatable bonds is 1. The normalized spacial score (nSPS) is 25.0. The van der Waals surface area contributed by atoms with E-state index in [2.05, 4.69) is 0 Å². The van der Waals surface area contributed by atoms with Crippen molar-refractivity contribution in [1.29, 1.82) is 0 Å². The summed E-state index contributed by atoms with van der Waals surface area (Å²) in [7, 11) is 0. The van der Waals surface area contributed by atoms with E-state index in [0.29, 0.717) is 11.5 Å². The number of carboxylic acid groups (broad SMARTS) is 1. The molecule has 4 heteroatoms. The lowest BCUT2D eigenvalue weighted by Crippen LogP contribution is -2.31. The summed E-state index contributed by atoms with van der Waals surface area (Å²) >= 11 is 0. The fourth-order valence-corrected chi connectivity index (χ4v) is 0.724. The van der Waals surface area contributed by atoms with Crippen LogP contribution >= 0.6 is 0 Å². The van der Waals surface area contributed by atoms with Gasteiger partial charge in [0.1, 0.15) is 0 Å². The quantitative estimate of drug-likeness (QED) is 0.525. The number of hydrogen-bond acceptors (Lipinski definition) is 3. The molecule has 0 spiro atoms. The molecule has 0 aromatic rings. The molecule has 0 aromatic heterocycles. The van der Waals surface area contributed by atoms with Crippen molar-refractivity contribution in [2.75, 3.05) is 0 Å². The van der Waals surface area contributed by atoms with Gasteiger partial charge in [-0.1, -0.05) is 6.08 Å². The van der Waals surface area contributed by atoms with E-state index in [1.807, 2.05) is 0 Å². The summed E-state index contributed by atoms with van der Waals surface area (Å²) < 4.78 is 0. The fourth-order valence-electron chi connectivity index (χ4n) is 0.724. The van der Waals surface area contributed by atoms with E-state index in [0.717, 1.165) is 0 Å². The highest BCUT2D eigenvalue weighted by Crippen LogP contribution is 2.10. The van der Waals surface area contributed by atoms with Crippen LogP contribution in [-0.4, -0.2) is 27.4 Å². The van der Waals surface area contributed by atoms with E-state index in [-0.39, 0.29) is 0 Å². The van der Waals surface area contributed by atoms with Gasteiger partial charge in [0.05, 0.1) is 0 Å². The van der Waals surface area contributed by atoms with Gasteiger partial charge in [-0.15, -0.1) is 0 Å². The Balaban J connectivity index is 2.55. The van der Waals surface area contributed by atoms with Crippen LogP contribution in [0, 0.1) is 0 Å². The number of hydrogen-bond donors (Lipinski definition) is 2. The number of aliphatic carboxylic acids is 1. The Bertz CT molecular complexity index is 154. The molecule has 0 amide bonds. The third kappa shape index (κ3) is 1.02. The number of carbonyl (C=O) groups is 1. The highest BCUT2D eigenvalue weighted by Gasteiger charge is 2.24. The Morgan fingerprint density at radius 3 is 2.67 bits per heavy atom. The van der Waals surface area contributed by atoms with Crippen LogP contribution in [0.2, 0.25) is 0 Å². The maximum Gasteiger partial charge on any atom is 0.329 e. The molecule has 0 radical (unpaired) electrons. The van der Waals surface area contributed by atoms with E-state index in [1.165, 1.54) is 6.20 Å². The zero-order valence-corrected chi connectivity index (χ0v) is 4.69. The molecule has 1 aliphatic heterocycles. The highest BCUT2D eigenvalue weighted by atomic mass is 16.5. The second kappa shape index (κ2) is 2.06. The molecule has 1 unspecified atom stereocenters. The van der Waals surface area contributed by atoms with E-state index in [4.69, 9.17) is 10.3 Å². The van der Waals surface area contributed by atoms with Crippen LogP contribution in [0.25, 0.3) is 0 Å². The van der Waals surface area contributed by atoms with Gasteiger partial charge in [-0.05, 0) is 0 Å². The van der Waals surface area contributed by atoms with E-state index in [9.17, 15) is 4.79 Å². The molecule has 0 saturated heterocycles. The van der Waals surface area contributed by atoms with E-state index in [1.54, 1.807) is 6.08 Å². The predicted octanol–water partition coefficient (Wildman–Crippen LogP) is 0.0482. The van der Waals surface area contributed by atoms with Crippen LogP contribution in [0.3, 0.4) is 0 Å². The van der Waals surface area contributed by atoms with Crippen LogP contribution in [0.4, 0.5) is 0 Å². The smallest absolute Gasteiger partial charge is 0.329 e. The third-order valence-corrected chi connectivity index (χ3v) is 1.22. The summed E-state index contributed by atoms with van der Waals surface area (Å²) in [5, 5.41) is 17.8. The first kappa shape index (κ1) is 6.10. The topological polar surface area (TPSA) is 60.8 Å². The number of nitrogens with zero attached hydrogens (tertiary/aromatic N) is 1. The molecular formula is C5H7NO3. The maximum atomic E-state index is 10.2. The van der Waals surface area contributed by atoms with Crippen molar-refractivity contribution in [2.24, 2.45) is 0 Å². The molecule has 1 aliphatic rings. The van der Waals surface area contributed by atoms with Gasteiger partial charge in [0, 0.05) is 12.6 Å². The SMILES string of the molecule is O=C(O)C1CC=CN1O. The van der Waals surface area contributed by atoms with Crippen LogP contribution in [0.15, 0.2) is 12.3 Å². The molecule has 0 saturated carbocycles. The molecule has 1 heterocycles. The molecule has 1 atom stereocenters. The second-order valence-corrected chi connectivity index (χ2v) is 1.85. The number of carboxylic acids is 1. The van der Waals surface area contributed by atoms with Crippen molar-refractivity contribution in [2.45, 2.75) is 12.5 Å². The molecule has 1 rings (SSSR count). The molecular weight excluding hydrogens is 122 g/mol. The monoisotopic (exact) mass is 129 g/mol. The molecule has 0 fully saturated rings. The van der Waals surface area contributed by atoms with Crippen LogP contribution < -0.4 is 0 Å². The molecule has 4 nitrogen and oxygen atoms in total. The first-order chi connectivity index (χ1) is 4.22. The molecule has 0 bridgehead atoms. The van der Waals surface area contributed by atoms with Crippen LogP contribution in [0.1, 0.15) is 6.42 Å². The zero-order valence-electron chi connectivity index (χ0n) is 4.69. The van der Waals surface area contributed by atoms with Crippen molar-refractivity contribution in [3.8, 4) is 0 Å². The summed E-state index contributed by atoms with van der Waals surface area (Å²) in [4.78, 5) is 10.2. The minimum Gasteiger partial charge on any atom is -0.480 e. The van der Waals surface area contributed by atoms with Crippen molar-refractivity contribution >= 4 is 5.97 Å². The molecule has 2 N–H and O–H groups in total. The second-order valence-electron chi connectivity index (χ2n) is 1.85. The van der Waals surface area contributed by atoms with Gasteiger partial charge in [0.25, 0.3) is 0 Å². The van der Waals surface area contributed by atoms with Gasteiger partial charge in [-0.2, -0.15) is 0 Å². The fraction of sp³-hybridized carbons (Fsp3) is 0.400. The first-order valence-electron chi connectivity index (χ1n) is 2.58.